The van der Waals surface area contributed by atoms with E-state index in [1.807, 2.05) is 60.7 Å². The summed E-state index contributed by atoms with van der Waals surface area (Å²) in [5.41, 5.74) is 2.51. The van der Waals surface area contributed by atoms with Crippen LogP contribution in [0.1, 0.15) is 16.5 Å². The van der Waals surface area contributed by atoms with Crippen LogP contribution in [0.15, 0.2) is 71.6 Å². The van der Waals surface area contributed by atoms with Crippen LogP contribution >= 0.6 is 23.4 Å². The minimum atomic E-state index is -0.343. The molecule has 1 heterocycles. The Kier molecular flexibility index (Phi) is 6.63. The van der Waals surface area contributed by atoms with Gasteiger partial charge < -0.3 is 14.2 Å². The van der Waals surface area contributed by atoms with E-state index in [1.165, 1.54) is 11.8 Å². The van der Waals surface area contributed by atoms with Crippen LogP contribution in [0.3, 0.4) is 0 Å². The van der Waals surface area contributed by atoms with Crippen molar-refractivity contribution < 1.29 is 19.0 Å². The van der Waals surface area contributed by atoms with Crippen molar-refractivity contribution in [2.24, 2.45) is 0 Å². The number of carbonyl (C=O) groups excluding carboxylic acids is 1. The Morgan fingerprint density at radius 2 is 1.59 bits per heavy atom. The number of hydrogen-bond acceptors (Lipinski definition) is 5. The molecule has 164 valence electrons. The Bertz CT molecular complexity index is 1140. The quantitative estimate of drug-likeness (QED) is 0.405. The maximum Gasteiger partial charge on any atom is 0.266 e. The minimum absolute atomic E-state index is 0.0973. The van der Waals surface area contributed by atoms with E-state index >= 15 is 0 Å². The van der Waals surface area contributed by atoms with Gasteiger partial charge in [0, 0.05) is 10.7 Å². The van der Waals surface area contributed by atoms with Gasteiger partial charge in [0.25, 0.3) is 5.91 Å². The first-order valence-electron chi connectivity index (χ1n) is 9.88. The summed E-state index contributed by atoms with van der Waals surface area (Å²) in [6.07, 6.45) is 1.91. The van der Waals surface area contributed by atoms with Crippen molar-refractivity contribution in [3.05, 3.63) is 87.8 Å². The summed E-state index contributed by atoms with van der Waals surface area (Å²) in [7, 11) is 4.71. The molecule has 0 aromatic heterocycles. The zero-order valence-electron chi connectivity index (χ0n) is 17.9. The van der Waals surface area contributed by atoms with Gasteiger partial charge in [0.1, 0.15) is 5.37 Å². The summed E-state index contributed by atoms with van der Waals surface area (Å²) in [4.78, 5) is 15.9. The molecule has 0 bridgehead atoms. The fourth-order valence-corrected chi connectivity index (χ4v) is 5.01. The molecule has 4 rings (SSSR count). The van der Waals surface area contributed by atoms with Gasteiger partial charge in [0.2, 0.25) is 5.75 Å². The molecule has 1 amide bonds. The first-order valence-corrected chi connectivity index (χ1v) is 11.1. The molecule has 1 atom stereocenters. The summed E-state index contributed by atoms with van der Waals surface area (Å²) in [5.74, 6) is 1.46. The Balaban J connectivity index is 1.84. The zero-order valence-corrected chi connectivity index (χ0v) is 19.4. The third-order valence-corrected chi connectivity index (χ3v) is 6.55. The van der Waals surface area contributed by atoms with E-state index in [-0.39, 0.29) is 11.3 Å². The Labute approximate surface area is 196 Å². The SMILES string of the molecule is COc1cc(C2S/C(=C/c3ccccc3)C(=O)N2c2cccc(Cl)c2)cc(OC)c1OC. The second-order valence-corrected chi connectivity index (χ2v) is 8.56. The van der Waals surface area contributed by atoms with E-state index in [1.54, 1.807) is 38.4 Å². The molecule has 5 nitrogen and oxygen atoms in total. The van der Waals surface area contributed by atoms with Crippen LogP contribution in [-0.2, 0) is 4.79 Å². The highest BCUT2D eigenvalue weighted by Crippen LogP contribution is 2.51. The van der Waals surface area contributed by atoms with Crippen LogP contribution in [-0.4, -0.2) is 27.2 Å². The number of ether oxygens (including phenoxy) is 3. The summed E-state index contributed by atoms with van der Waals surface area (Å²) >= 11 is 7.72. The van der Waals surface area contributed by atoms with E-state index < -0.39 is 0 Å². The number of thioether (sulfide) groups is 1. The van der Waals surface area contributed by atoms with E-state index in [0.717, 1.165) is 11.1 Å². The summed E-state index contributed by atoms with van der Waals surface area (Å²) in [6.45, 7) is 0. The van der Waals surface area contributed by atoms with Gasteiger partial charge in [0.05, 0.1) is 26.2 Å². The van der Waals surface area contributed by atoms with E-state index in [0.29, 0.717) is 32.9 Å². The lowest BCUT2D eigenvalue weighted by Gasteiger charge is -2.25. The zero-order chi connectivity index (χ0) is 22.7. The predicted octanol–water partition coefficient (Wildman–Crippen LogP) is 6.19. The average molecular weight is 468 g/mol. The molecule has 1 aliphatic rings. The standard InChI is InChI=1S/C25H22ClNO4S/c1-29-20-13-17(14-21(30-2)23(20)31-3)25-27(19-11-7-10-18(26)15-19)24(28)22(32-25)12-16-8-5-4-6-9-16/h4-15,25H,1-3H3/b22-12+. The number of hydrogen-bond donors (Lipinski definition) is 0. The van der Waals surface area contributed by atoms with Crippen molar-refractivity contribution in [1.29, 1.82) is 0 Å². The summed E-state index contributed by atoms with van der Waals surface area (Å²) in [6, 6.07) is 20.8. The van der Waals surface area contributed by atoms with Crippen LogP contribution in [0.2, 0.25) is 5.02 Å². The summed E-state index contributed by atoms with van der Waals surface area (Å²) < 4.78 is 16.5. The van der Waals surface area contributed by atoms with Crippen molar-refractivity contribution in [1.82, 2.24) is 0 Å². The second kappa shape index (κ2) is 9.59. The normalized spacial score (nSPS) is 17.0. The van der Waals surface area contributed by atoms with Crippen molar-refractivity contribution >= 4 is 41.0 Å². The lowest BCUT2D eigenvalue weighted by molar-refractivity contribution is -0.114. The molecule has 7 heteroatoms. The molecule has 0 N–H and O–H groups in total. The molecular formula is C25H22ClNO4S. The van der Waals surface area contributed by atoms with Gasteiger partial charge >= 0.3 is 0 Å². The highest BCUT2D eigenvalue weighted by Gasteiger charge is 2.39. The third-order valence-electron chi connectivity index (χ3n) is 5.06. The second-order valence-electron chi connectivity index (χ2n) is 7.00. The molecule has 0 saturated carbocycles. The minimum Gasteiger partial charge on any atom is -0.493 e. The van der Waals surface area contributed by atoms with Crippen molar-refractivity contribution in [2.75, 3.05) is 26.2 Å². The molecular weight excluding hydrogens is 446 g/mol. The molecule has 3 aromatic carbocycles. The molecule has 1 aliphatic heterocycles. The first kappa shape index (κ1) is 22.1. The number of benzene rings is 3. The van der Waals surface area contributed by atoms with Crippen LogP contribution in [0, 0.1) is 0 Å². The molecule has 1 fully saturated rings. The maximum atomic E-state index is 13.5. The molecule has 3 aromatic rings. The van der Waals surface area contributed by atoms with Crippen molar-refractivity contribution in [3.8, 4) is 17.2 Å². The van der Waals surface area contributed by atoms with Crippen LogP contribution in [0.25, 0.3) is 6.08 Å². The number of anilines is 1. The number of methoxy groups -OCH3 is 3. The fourth-order valence-electron chi connectivity index (χ4n) is 3.58. The molecule has 0 aliphatic carbocycles. The van der Waals surface area contributed by atoms with Crippen molar-refractivity contribution in [3.63, 3.8) is 0 Å². The van der Waals surface area contributed by atoms with Crippen LogP contribution in [0.4, 0.5) is 5.69 Å². The highest BCUT2D eigenvalue weighted by atomic mass is 35.5. The molecule has 0 radical (unpaired) electrons. The molecule has 1 unspecified atom stereocenters. The number of nitrogens with zero attached hydrogens (tertiary/aromatic N) is 1. The van der Waals surface area contributed by atoms with Gasteiger partial charge in [0.15, 0.2) is 11.5 Å². The highest BCUT2D eigenvalue weighted by molar-refractivity contribution is 8.05. The average Bonchev–Trinajstić information content (AvgIpc) is 3.14. The molecule has 0 spiro atoms. The number of amides is 1. The van der Waals surface area contributed by atoms with Gasteiger partial charge in [-0.2, -0.15) is 0 Å². The van der Waals surface area contributed by atoms with Gasteiger partial charge in [-0.15, -0.1) is 0 Å². The predicted molar refractivity (Wildman–Crippen MR) is 130 cm³/mol. The van der Waals surface area contributed by atoms with Gasteiger partial charge in [-0.25, -0.2) is 0 Å². The Morgan fingerprint density at radius 3 is 2.19 bits per heavy atom. The number of carbonyl (C=O) groups is 1. The Morgan fingerprint density at radius 1 is 0.906 bits per heavy atom. The third kappa shape index (κ3) is 4.29. The fraction of sp³-hybridized carbons (Fsp3) is 0.160. The van der Waals surface area contributed by atoms with Crippen LogP contribution in [0.5, 0.6) is 17.2 Å². The van der Waals surface area contributed by atoms with Gasteiger partial charge in [-0.05, 0) is 47.5 Å². The van der Waals surface area contributed by atoms with Gasteiger partial charge in [-0.3, -0.25) is 9.69 Å². The maximum absolute atomic E-state index is 13.5. The van der Waals surface area contributed by atoms with E-state index in [4.69, 9.17) is 25.8 Å². The van der Waals surface area contributed by atoms with Crippen molar-refractivity contribution in [2.45, 2.75) is 5.37 Å². The van der Waals surface area contributed by atoms with Gasteiger partial charge in [-0.1, -0.05) is 59.8 Å². The largest absolute Gasteiger partial charge is 0.493 e. The van der Waals surface area contributed by atoms with E-state index in [2.05, 4.69) is 0 Å². The number of rotatable bonds is 6. The smallest absolute Gasteiger partial charge is 0.266 e. The topological polar surface area (TPSA) is 48.0 Å². The number of halogens is 1. The first-order chi connectivity index (χ1) is 15.5. The monoisotopic (exact) mass is 467 g/mol. The lowest BCUT2D eigenvalue weighted by Crippen LogP contribution is -2.27. The molecule has 1 saturated heterocycles. The lowest BCUT2D eigenvalue weighted by atomic mass is 10.1. The van der Waals surface area contributed by atoms with E-state index in [9.17, 15) is 4.79 Å². The molecule has 32 heavy (non-hydrogen) atoms. The summed E-state index contributed by atoms with van der Waals surface area (Å²) in [5, 5.41) is 0.217. The Hall–Kier alpha value is -3.09. The van der Waals surface area contributed by atoms with Crippen LogP contribution < -0.4 is 19.1 Å².